The summed E-state index contributed by atoms with van der Waals surface area (Å²) >= 11 is 0. The molecule has 0 saturated heterocycles. The maximum absolute atomic E-state index is 13.2. The van der Waals surface area contributed by atoms with Gasteiger partial charge in [0.25, 0.3) is 0 Å². The Bertz CT molecular complexity index is 645. The van der Waals surface area contributed by atoms with Gasteiger partial charge in [-0.3, -0.25) is 0 Å². The molecule has 0 aliphatic heterocycles. The molecule has 25 heavy (non-hydrogen) atoms. The van der Waals surface area contributed by atoms with Gasteiger partial charge in [-0.05, 0) is 32.4 Å². The number of rotatable bonds is 9. The molecule has 1 aromatic carbocycles. The molecule has 2 aromatic rings. The second-order valence-corrected chi connectivity index (χ2v) is 5.69. The van der Waals surface area contributed by atoms with Crippen molar-refractivity contribution in [2.24, 2.45) is 4.99 Å². The van der Waals surface area contributed by atoms with E-state index in [9.17, 15) is 4.39 Å². The number of guanidine groups is 1. The summed E-state index contributed by atoms with van der Waals surface area (Å²) in [6, 6.07) is 6.14. The molecule has 1 atom stereocenters. The highest BCUT2D eigenvalue weighted by Crippen LogP contribution is 2.13. The molecule has 0 bridgehead atoms. The van der Waals surface area contributed by atoms with Gasteiger partial charge in [0.05, 0.1) is 12.9 Å². The molecule has 0 fully saturated rings. The molecule has 0 spiro atoms. The third kappa shape index (κ3) is 7.24. The molecule has 136 valence electrons. The first kappa shape index (κ1) is 18.8. The van der Waals surface area contributed by atoms with Gasteiger partial charge in [0, 0.05) is 38.1 Å². The summed E-state index contributed by atoms with van der Waals surface area (Å²) in [5.41, 5.74) is 0. The van der Waals surface area contributed by atoms with Crippen molar-refractivity contribution >= 4 is 5.96 Å². The summed E-state index contributed by atoms with van der Waals surface area (Å²) in [5, 5.41) is 6.51. The molecule has 0 amide bonds. The van der Waals surface area contributed by atoms with Gasteiger partial charge in [0.15, 0.2) is 5.96 Å². The number of aliphatic imine (C=N–C) groups is 1. The molecular formula is C18H26FN5O. The van der Waals surface area contributed by atoms with Crippen molar-refractivity contribution in [1.82, 2.24) is 20.2 Å². The number of aromatic nitrogens is 2. The third-order valence-electron chi connectivity index (χ3n) is 3.43. The minimum absolute atomic E-state index is 0.150. The average molecular weight is 347 g/mol. The fourth-order valence-corrected chi connectivity index (χ4v) is 2.26. The maximum atomic E-state index is 13.2. The summed E-state index contributed by atoms with van der Waals surface area (Å²) in [4.78, 5) is 8.55. The van der Waals surface area contributed by atoms with Gasteiger partial charge in [-0.15, -0.1) is 0 Å². The lowest BCUT2D eigenvalue weighted by molar-refractivity contribution is 0.229. The summed E-state index contributed by atoms with van der Waals surface area (Å²) in [6.07, 6.45) is 6.35. The van der Waals surface area contributed by atoms with Crippen LogP contribution >= 0.6 is 0 Å². The topological polar surface area (TPSA) is 63.5 Å². The van der Waals surface area contributed by atoms with E-state index >= 15 is 0 Å². The van der Waals surface area contributed by atoms with Crippen LogP contribution in [0.2, 0.25) is 0 Å². The number of nitrogens with zero attached hydrogens (tertiary/aromatic N) is 3. The molecule has 0 aliphatic carbocycles. The van der Waals surface area contributed by atoms with Gasteiger partial charge in [-0.1, -0.05) is 6.07 Å². The largest absolute Gasteiger partial charge is 0.489 e. The van der Waals surface area contributed by atoms with Crippen molar-refractivity contribution in [1.29, 1.82) is 0 Å². The Balaban J connectivity index is 1.75. The molecule has 1 aromatic heterocycles. The highest BCUT2D eigenvalue weighted by atomic mass is 19.1. The van der Waals surface area contributed by atoms with E-state index in [-0.39, 0.29) is 11.9 Å². The highest BCUT2D eigenvalue weighted by Gasteiger charge is 2.05. The van der Waals surface area contributed by atoms with Crippen molar-refractivity contribution < 1.29 is 9.13 Å². The van der Waals surface area contributed by atoms with Crippen molar-refractivity contribution in [3.8, 4) is 5.75 Å². The lowest BCUT2D eigenvalue weighted by atomic mass is 10.3. The number of nitrogens with one attached hydrogen (secondary N) is 2. The predicted molar refractivity (Wildman–Crippen MR) is 97.3 cm³/mol. The summed E-state index contributed by atoms with van der Waals surface area (Å²) in [6.45, 7) is 6.92. The lowest BCUT2D eigenvalue weighted by Crippen LogP contribution is -2.38. The van der Waals surface area contributed by atoms with Crippen molar-refractivity contribution in [2.45, 2.75) is 32.9 Å². The van der Waals surface area contributed by atoms with Gasteiger partial charge in [0.1, 0.15) is 17.7 Å². The standard InChI is InChI=1S/C18H26FN5O/c1-3-21-18(22-8-5-10-24-11-9-20-14-24)23-13-15(2)25-17-7-4-6-16(19)12-17/h4,6-7,9,11-12,14-15H,3,5,8,10,13H2,1-2H3,(H2,21,22,23). The molecule has 1 unspecified atom stereocenters. The average Bonchev–Trinajstić information content (AvgIpc) is 3.10. The van der Waals surface area contributed by atoms with E-state index in [1.165, 1.54) is 12.1 Å². The van der Waals surface area contributed by atoms with Gasteiger partial charge >= 0.3 is 0 Å². The number of hydrogen-bond donors (Lipinski definition) is 2. The van der Waals surface area contributed by atoms with Gasteiger partial charge < -0.3 is 19.9 Å². The number of hydrogen-bond acceptors (Lipinski definition) is 3. The van der Waals surface area contributed by atoms with E-state index in [0.29, 0.717) is 12.3 Å². The number of benzene rings is 1. The molecule has 6 nitrogen and oxygen atoms in total. The van der Waals surface area contributed by atoms with E-state index in [0.717, 1.165) is 32.0 Å². The molecule has 0 radical (unpaired) electrons. The number of aryl methyl sites for hydroxylation is 1. The van der Waals surface area contributed by atoms with Crippen LogP contribution in [0, 0.1) is 5.82 Å². The predicted octanol–water partition coefficient (Wildman–Crippen LogP) is 2.43. The molecule has 0 aliphatic rings. The van der Waals surface area contributed by atoms with Crippen LogP contribution in [0.4, 0.5) is 4.39 Å². The van der Waals surface area contributed by atoms with E-state index < -0.39 is 0 Å². The zero-order valence-corrected chi connectivity index (χ0v) is 14.8. The maximum Gasteiger partial charge on any atom is 0.191 e. The zero-order chi connectivity index (χ0) is 17.9. The lowest BCUT2D eigenvalue weighted by Gasteiger charge is -2.15. The highest BCUT2D eigenvalue weighted by molar-refractivity contribution is 5.79. The zero-order valence-electron chi connectivity index (χ0n) is 14.8. The molecule has 2 rings (SSSR count). The van der Waals surface area contributed by atoms with Crippen LogP contribution in [0.5, 0.6) is 5.75 Å². The van der Waals surface area contributed by atoms with E-state index in [1.807, 2.05) is 30.9 Å². The SMILES string of the molecule is CCNC(=NCC(C)Oc1cccc(F)c1)NCCCn1ccnc1. The fraction of sp³-hybridized carbons (Fsp3) is 0.444. The van der Waals surface area contributed by atoms with Crippen LogP contribution in [0.1, 0.15) is 20.3 Å². The molecule has 0 saturated carbocycles. The first-order chi connectivity index (χ1) is 12.2. The third-order valence-corrected chi connectivity index (χ3v) is 3.43. The summed E-state index contributed by atoms with van der Waals surface area (Å²) in [5.74, 6) is 0.963. The minimum atomic E-state index is -0.305. The van der Waals surface area contributed by atoms with Crippen LogP contribution in [0.25, 0.3) is 0 Å². The van der Waals surface area contributed by atoms with Crippen LogP contribution in [0.15, 0.2) is 48.0 Å². The molecule has 7 heteroatoms. The fourth-order valence-electron chi connectivity index (χ4n) is 2.26. The second kappa shape index (κ2) is 10.3. The Morgan fingerprint density at radius 3 is 3.00 bits per heavy atom. The van der Waals surface area contributed by atoms with Crippen molar-refractivity contribution in [3.63, 3.8) is 0 Å². The Hall–Kier alpha value is -2.57. The van der Waals surface area contributed by atoms with Crippen LogP contribution < -0.4 is 15.4 Å². The minimum Gasteiger partial charge on any atom is -0.489 e. The number of halogens is 1. The normalized spacial score (nSPS) is 12.7. The Kier molecular flexibility index (Phi) is 7.75. The molecular weight excluding hydrogens is 321 g/mol. The van der Waals surface area contributed by atoms with Gasteiger partial charge in [0.2, 0.25) is 0 Å². The summed E-state index contributed by atoms with van der Waals surface area (Å²) < 4.78 is 20.9. The quantitative estimate of drug-likeness (QED) is 0.415. The second-order valence-electron chi connectivity index (χ2n) is 5.69. The monoisotopic (exact) mass is 347 g/mol. The van der Waals surface area contributed by atoms with Gasteiger partial charge in [-0.2, -0.15) is 0 Å². The molecule has 1 heterocycles. The summed E-state index contributed by atoms with van der Waals surface area (Å²) in [7, 11) is 0. The van der Waals surface area contributed by atoms with Crippen LogP contribution in [-0.4, -0.2) is 41.2 Å². The first-order valence-corrected chi connectivity index (χ1v) is 8.57. The van der Waals surface area contributed by atoms with E-state index in [4.69, 9.17) is 4.74 Å². The smallest absolute Gasteiger partial charge is 0.191 e. The van der Waals surface area contributed by atoms with Crippen LogP contribution in [-0.2, 0) is 6.54 Å². The molecule has 2 N–H and O–H groups in total. The van der Waals surface area contributed by atoms with E-state index in [1.54, 1.807) is 18.3 Å². The Morgan fingerprint density at radius 1 is 1.40 bits per heavy atom. The van der Waals surface area contributed by atoms with Crippen molar-refractivity contribution in [2.75, 3.05) is 19.6 Å². The number of ether oxygens (including phenoxy) is 1. The van der Waals surface area contributed by atoms with Gasteiger partial charge in [-0.25, -0.2) is 14.4 Å². The Labute approximate surface area is 148 Å². The first-order valence-electron chi connectivity index (χ1n) is 8.57. The van der Waals surface area contributed by atoms with Crippen LogP contribution in [0.3, 0.4) is 0 Å². The Morgan fingerprint density at radius 2 is 2.28 bits per heavy atom. The van der Waals surface area contributed by atoms with Crippen molar-refractivity contribution in [3.05, 3.63) is 48.8 Å². The van der Waals surface area contributed by atoms with E-state index in [2.05, 4.69) is 20.6 Å². The number of imidazole rings is 1.